The fourth-order valence-electron chi connectivity index (χ4n) is 1.82. The first kappa shape index (κ1) is 12.8. The molecule has 88 valence electrons. The van der Waals surface area contributed by atoms with E-state index in [-0.39, 0.29) is 5.91 Å². The first-order valence-corrected chi connectivity index (χ1v) is 7.18. The molecule has 1 saturated heterocycles. The van der Waals surface area contributed by atoms with E-state index in [0.717, 1.165) is 31.8 Å². The lowest BCUT2D eigenvalue weighted by Crippen LogP contribution is -2.38. The Labute approximate surface area is 96.8 Å². The van der Waals surface area contributed by atoms with Gasteiger partial charge in [0, 0.05) is 13.0 Å². The van der Waals surface area contributed by atoms with Crippen LogP contribution in [0.25, 0.3) is 0 Å². The molecule has 1 aliphatic rings. The predicted octanol–water partition coefficient (Wildman–Crippen LogP) is 1.25. The number of thioether (sulfide) groups is 1. The molecule has 0 aliphatic carbocycles. The van der Waals surface area contributed by atoms with Crippen LogP contribution < -0.4 is 10.6 Å². The van der Waals surface area contributed by atoms with E-state index >= 15 is 0 Å². The highest BCUT2D eigenvalue weighted by Gasteiger charge is 2.13. The zero-order valence-corrected chi connectivity index (χ0v) is 10.4. The molecular formula is C11H22N2OS. The second-order valence-electron chi connectivity index (χ2n) is 4.11. The molecule has 0 aromatic heterocycles. The summed E-state index contributed by atoms with van der Waals surface area (Å²) in [6.45, 7) is 3.05. The van der Waals surface area contributed by atoms with Crippen LogP contribution in [0.5, 0.6) is 0 Å². The normalized spacial score (nSPS) is 21.3. The number of carbonyl (C=O) groups is 1. The van der Waals surface area contributed by atoms with Crippen LogP contribution >= 0.6 is 11.8 Å². The summed E-state index contributed by atoms with van der Waals surface area (Å²) < 4.78 is 0. The third-order valence-corrected chi connectivity index (χ3v) is 3.44. The molecule has 1 atom stereocenters. The Balaban J connectivity index is 2.00. The van der Waals surface area contributed by atoms with Crippen molar-refractivity contribution in [2.75, 3.05) is 31.6 Å². The fraction of sp³-hybridized carbons (Fsp3) is 0.909. The summed E-state index contributed by atoms with van der Waals surface area (Å²) in [5.74, 6) is 1.94. The summed E-state index contributed by atoms with van der Waals surface area (Å²) in [4.78, 5) is 11.4. The molecular weight excluding hydrogens is 208 g/mol. The van der Waals surface area contributed by atoms with Crippen molar-refractivity contribution in [3.63, 3.8) is 0 Å². The first-order chi connectivity index (χ1) is 7.33. The molecule has 3 nitrogen and oxygen atoms in total. The van der Waals surface area contributed by atoms with Gasteiger partial charge in [-0.15, -0.1) is 0 Å². The van der Waals surface area contributed by atoms with Gasteiger partial charge >= 0.3 is 0 Å². The molecule has 0 spiro atoms. The lowest BCUT2D eigenvalue weighted by atomic mass is 10.00. The zero-order chi connectivity index (χ0) is 10.9. The van der Waals surface area contributed by atoms with Crippen molar-refractivity contribution in [3.8, 4) is 0 Å². The summed E-state index contributed by atoms with van der Waals surface area (Å²) in [7, 11) is 0. The summed E-state index contributed by atoms with van der Waals surface area (Å²) in [6.07, 6.45) is 6.24. The average molecular weight is 230 g/mol. The molecule has 1 aliphatic heterocycles. The molecule has 0 aromatic carbocycles. The second kappa shape index (κ2) is 7.99. The topological polar surface area (TPSA) is 41.1 Å². The molecule has 2 N–H and O–H groups in total. The van der Waals surface area contributed by atoms with Crippen LogP contribution in [0, 0.1) is 5.92 Å². The molecule has 15 heavy (non-hydrogen) atoms. The number of nitrogens with one attached hydrogen (secondary N) is 2. The maximum absolute atomic E-state index is 11.4. The van der Waals surface area contributed by atoms with Crippen molar-refractivity contribution < 1.29 is 4.79 Å². The van der Waals surface area contributed by atoms with E-state index in [4.69, 9.17) is 0 Å². The highest BCUT2D eigenvalue weighted by molar-refractivity contribution is 7.98. The van der Waals surface area contributed by atoms with Gasteiger partial charge in [0.05, 0.1) is 0 Å². The van der Waals surface area contributed by atoms with Crippen LogP contribution in [0.1, 0.15) is 25.7 Å². The minimum Gasteiger partial charge on any atom is -0.356 e. The third-order valence-electron chi connectivity index (χ3n) is 2.74. The van der Waals surface area contributed by atoms with Gasteiger partial charge < -0.3 is 10.6 Å². The third kappa shape index (κ3) is 6.05. The molecule has 0 radical (unpaired) electrons. The standard InChI is InChI=1S/C11H22N2OS/c1-15-7-3-5-11(14)13-9-10-4-2-6-12-8-10/h10,12H,2-9H2,1H3,(H,13,14). The van der Waals surface area contributed by atoms with Gasteiger partial charge in [0.15, 0.2) is 0 Å². The SMILES string of the molecule is CSCCCC(=O)NCC1CCCNC1. The van der Waals surface area contributed by atoms with Crippen molar-refractivity contribution in [1.29, 1.82) is 0 Å². The molecule has 0 bridgehead atoms. The number of rotatable bonds is 6. The lowest BCUT2D eigenvalue weighted by Gasteiger charge is -2.22. The summed E-state index contributed by atoms with van der Waals surface area (Å²) in [5, 5.41) is 6.38. The Hall–Kier alpha value is -0.220. The zero-order valence-electron chi connectivity index (χ0n) is 9.55. The van der Waals surface area contributed by atoms with Crippen molar-refractivity contribution >= 4 is 17.7 Å². The molecule has 0 aromatic rings. The van der Waals surface area contributed by atoms with Crippen LogP contribution in [-0.4, -0.2) is 37.6 Å². The van der Waals surface area contributed by atoms with Crippen LogP contribution in [-0.2, 0) is 4.79 Å². The number of amides is 1. The minimum absolute atomic E-state index is 0.217. The van der Waals surface area contributed by atoms with E-state index in [1.54, 1.807) is 11.8 Å². The van der Waals surface area contributed by atoms with E-state index in [1.807, 2.05) is 0 Å². The maximum Gasteiger partial charge on any atom is 0.220 e. The summed E-state index contributed by atoms with van der Waals surface area (Å²) in [6, 6.07) is 0. The van der Waals surface area contributed by atoms with Gasteiger partial charge in [0.2, 0.25) is 5.91 Å². The molecule has 1 fully saturated rings. The quantitative estimate of drug-likeness (QED) is 0.675. The van der Waals surface area contributed by atoms with E-state index in [0.29, 0.717) is 12.3 Å². The molecule has 0 saturated carbocycles. The van der Waals surface area contributed by atoms with E-state index in [9.17, 15) is 4.79 Å². The highest BCUT2D eigenvalue weighted by Crippen LogP contribution is 2.08. The largest absolute Gasteiger partial charge is 0.356 e. The predicted molar refractivity (Wildman–Crippen MR) is 66.2 cm³/mol. The van der Waals surface area contributed by atoms with Gasteiger partial charge in [0.25, 0.3) is 0 Å². The van der Waals surface area contributed by atoms with Crippen molar-refractivity contribution in [1.82, 2.24) is 10.6 Å². The number of piperidine rings is 1. The minimum atomic E-state index is 0.217. The first-order valence-electron chi connectivity index (χ1n) is 5.79. The lowest BCUT2D eigenvalue weighted by molar-refractivity contribution is -0.121. The van der Waals surface area contributed by atoms with Crippen molar-refractivity contribution in [3.05, 3.63) is 0 Å². The van der Waals surface area contributed by atoms with Gasteiger partial charge in [-0.05, 0) is 50.3 Å². The van der Waals surface area contributed by atoms with Gasteiger partial charge in [0.1, 0.15) is 0 Å². The Morgan fingerprint density at radius 2 is 2.47 bits per heavy atom. The van der Waals surface area contributed by atoms with Gasteiger partial charge in [-0.25, -0.2) is 0 Å². The Morgan fingerprint density at radius 3 is 3.13 bits per heavy atom. The van der Waals surface area contributed by atoms with E-state index < -0.39 is 0 Å². The Morgan fingerprint density at radius 1 is 1.60 bits per heavy atom. The van der Waals surface area contributed by atoms with Crippen molar-refractivity contribution in [2.45, 2.75) is 25.7 Å². The smallest absolute Gasteiger partial charge is 0.220 e. The van der Waals surface area contributed by atoms with E-state index in [1.165, 1.54) is 12.8 Å². The highest BCUT2D eigenvalue weighted by atomic mass is 32.2. The number of hydrogen-bond donors (Lipinski definition) is 2. The van der Waals surface area contributed by atoms with Gasteiger partial charge in [-0.3, -0.25) is 4.79 Å². The maximum atomic E-state index is 11.4. The Kier molecular flexibility index (Phi) is 6.85. The molecule has 1 heterocycles. The second-order valence-corrected chi connectivity index (χ2v) is 5.10. The fourth-order valence-corrected chi connectivity index (χ4v) is 2.25. The summed E-state index contributed by atoms with van der Waals surface area (Å²) in [5.41, 5.74) is 0. The molecule has 1 rings (SSSR count). The average Bonchev–Trinajstić information content (AvgIpc) is 2.28. The van der Waals surface area contributed by atoms with Crippen LogP contribution in [0.15, 0.2) is 0 Å². The molecule has 1 unspecified atom stereocenters. The number of hydrogen-bond acceptors (Lipinski definition) is 3. The Bertz CT molecular complexity index is 181. The van der Waals surface area contributed by atoms with Crippen LogP contribution in [0.3, 0.4) is 0 Å². The van der Waals surface area contributed by atoms with Crippen LogP contribution in [0.4, 0.5) is 0 Å². The monoisotopic (exact) mass is 230 g/mol. The van der Waals surface area contributed by atoms with Crippen LogP contribution in [0.2, 0.25) is 0 Å². The van der Waals surface area contributed by atoms with Gasteiger partial charge in [-0.2, -0.15) is 11.8 Å². The summed E-state index contributed by atoms with van der Waals surface area (Å²) >= 11 is 1.80. The van der Waals surface area contributed by atoms with E-state index in [2.05, 4.69) is 16.9 Å². The number of carbonyl (C=O) groups excluding carboxylic acids is 1. The molecule has 1 amide bonds. The van der Waals surface area contributed by atoms with Gasteiger partial charge in [-0.1, -0.05) is 0 Å². The van der Waals surface area contributed by atoms with Crippen molar-refractivity contribution in [2.24, 2.45) is 5.92 Å². The molecule has 4 heteroatoms.